The van der Waals surface area contributed by atoms with E-state index >= 15 is 0 Å². The van der Waals surface area contributed by atoms with Crippen molar-refractivity contribution < 1.29 is 23.2 Å². The number of nitrogens with one attached hydrogen (secondary N) is 1. The van der Waals surface area contributed by atoms with E-state index in [1.807, 2.05) is 4.89 Å². The summed E-state index contributed by atoms with van der Waals surface area (Å²) >= 11 is 3.15. The van der Waals surface area contributed by atoms with Gasteiger partial charge in [-0.1, -0.05) is 20.8 Å². The lowest BCUT2D eigenvalue weighted by molar-refractivity contribution is -0.0357. The quantitative estimate of drug-likeness (QED) is 0.799. The Hall–Kier alpha value is -0.960. The van der Waals surface area contributed by atoms with Crippen LogP contribution in [0.5, 0.6) is 0 Å². The molecule has 8 heteroatoms. The first kappa shape index (κ1) is 17.1. The molecule has 0 aromatic heterocycles. The average Bonchev–Trinajstić information content (AvgIpc) is 2.28. The van der Waals surface area contributed by atoms with Crippen LogP contribution in [0.2, 0.25) is 0 Å². The fraction of sp³-hybridized carbons (Fsp3) is 0.417. The lowest BCUT2D eigenvalue weighted by atomic mass is 10.1. The van der Waals surface area contributed by atoms with E-state index in [-0.39, 0.29) is 10.5 Å². The lowest BCUT2D eigenvalue weighted by Gasteiger charge is -2.20. The van der Waals surface area contributed by atoms with Crippen LogP contribution < -0.4 is 4.89 Å². The van der Waals surface area contributed by atoms with Gasteiger partial charge in [0.2, 0.25) is 0 Å². The zero-order valence-corrected chi connectivity index (χ0v) is 13.9. The Balaban J connectivity index is 3.27. The average molecular weight is 366 g/mol. The molecule has 0 amide bonds. The molecule has 0 saturated heterocycles. The number of hydrogen-bond donors (Lipinski definition) is 2. The number of carbonyl (C=O) groups is 1. The van der Waals surface area contributed by atoms with Gasteiger partial charge in [-0.2, -0.15) is 0 Å². The molecule has 0 heterocycles. The minimum atomic E-state index is -3.97. The Labute approximate surface area is 126 Å². The Morgan fingerprint density at radius 2 is 1.90 bits per heavy atom. The maximum absolute atomic E-state index is 12.2. The van der Waals surface area contributed by atoms with E-state index < -0.39 is 21.6 Å². The number of aromatic carboxylic acids is 1. The van der Waals surface area contributed by atoms with Gasteiger partial charge in [-0.05, 0) is 45.4 Å². The molecule has 0 unspecified atom stereocenters. The van der Waals surface area contributed by atoms with Crippen LogP contribution in [0.25, 0.3) is 0 Å². The fourth-order valence-electron chi connectivity index (χ4n) is 1.28. The third-order valence-corrected chi connectivity index (χ3v) is 4.42. The van der Waals surface area contributed by atoms with Crippen LogP contribution in [0.1, 0.15) is 36.7 Å². The summed E-state index contributed by atoms with van der Waals surface area (Å²) in [6, 6.07) is 2.44. The van der Waals surface area contributed by atoms with Crippen molar-refractivity contribution in [3.05, 3.63) is 27.7 Å². The molecule has 0 aliphatic carbocycles. The Morgan fingerprint density at radius 1 is 1.35 bits per heavy atom. The summed E-state index contributed by atoms with van der Waals surface area (Å²) in [7, 11) is -3.97. The molecule has 20 heavy (non-hydrogen) atoms. The summed E-state index contributed by atoms with van der Waals surface area (Å²) in [6.45, 7) is 6.63. The van der Waals surface area contributed by atoms with Gasteiger partial charge >= 0.3 is 5.97 Å². The second-order valence-electron chi connectivity index (χ2n) is 5.19. The van der Waals surface area contributed by atoms with Crippen molar-refractivity contribution in [2.75, 3.05) is 0 Å². The smallest absolute Gasteiger partial charge is 0.335 e. The van der Waals surface area contributed by atoms with E-state index in [0.29, 0.717) is 10.0 Å². The summed E-state index contributed by atoms with van der Waals surface area (Å²) < 4.78 is 24.8. The fourth-order valence-corrected chi connectivity index (χ4v) is 3.12. The number of benzene rings is 1. The minimum absolute atomic E-state index is 0.126. The second kappa shape index (κ2) is 5.80. The van der Waals surface area contributed by atoms with Gasteiger partial charge < -0.3 is 5.11 Å². The molecule has 0 spiro atoms. The van der Waals surface area contributed by atoms with Gasteiger partial charge in [0, 0.05) is 4.47 Å². The molecule has 112 valence electrons. The van der Waals surface area contributed by atoms with Crippen molar-refractivity contribution in [3.8, 4) is 0 Å². The normalized spacial score (nSPS) is 12.4. The first-order valence-corrected chi connectivity index (χ1v) is 7.95. The molecule has 0 atom stereocenters. The first-order valence-electron chi connectivity index (χ1n) is 5.67. The van der Waals surface area contributed by atoms with Crippen molar-refractivity contribution in [3.63, 3.8) is 0 Å². The van der Waals surface area contributed by atoms with Crippen molar-refractivity contribution >= 4 is 31.9 Å². The summed E-state index contributed by atoms with van der Waals surface area (Å²) in [5.74, 6) is -1.21. The summed E-state index contributed by atoms with van der Waals surface area (Å²) in [6.07, 6.45) is 0. The van der Waals surface area contributed by atoms with E-state index in [2.05, 4.69) is 15.9 Å². The molecule has 0 aliphatic heterocycles. The Bertz CT molecular complexity index is 634. The molecule has 6 nitrogen and oxygen atoms in total. The van der Waals surface area contributed by atoms with Gasteiger partial charge in [-0.15, -0.1) is 0 Å². The largest absolute Gasteiger partial charge is 0.478 e. The lowest BCUT2D eigenvalue weighted by Crippen LogP contribution is -2.34. The molecule has 1 rings (SSSR count). The highest BCUT2D eigenvalue weighted by atomic mass is 79.9. The van der Waals surface area contributed by atoms with Crippen LogP contribution in [0, 0.1) is 6.92 Å². The molecule has 0 fully saturated rings. The maximum Gasteiger partial charge on any atom is 0.335 e. The topological polar surface area (TPSA) is 92.7 Å². The molecule has 0 bridgehead atoms. The van der Waals surface area contributed by atoms with Crippen LogP contribution >= 0.6 is 15.9 Å². The molecular formula is C12H16BrNO5S. The first-order chi connectivity index (χ1) is 8.94. The second-order valence-corrected chi connectivity index (χ2v) is 7.66. The van der Waals surface area contributed by atoms with Gasteiger partial charge in [0.1, 0.15) is 0 Å². The van der Waals surface area contributed by atoms with E-state index in [1.165, 1.54) is 6.07 Å². The van der Waals surface area contributed by atoms with E-state index in [9.17, 15) is 13.2 Å². The van der Waals surface area contributed by atoms with Crippen molar-refractivity contribution in [2.24, 2.45) is 0 Å². The summed E-state index contributed by atoms with van der Waals surface area (Å²) in [5.41, 5.74) is -0.429. The molecule has 2 N–H and O–H groups in total. The van der Waals surface area contributed by atoms with Gasteiger partial charge in [-0.25, -0.2) is 13.2 Å². The van der Waals surface area contributed by atoms with Crippen LogP contribution in [0.4, 0.5) is 0 Å². The number of sulfonamides is 1. The molecule has 1 aromatic rings. The number of carboxylic acids is 1. The number of rotatable bonds is 4. The molecule has 0 aliphatic rings. The van der Waals surface area contributed by atoms with E-state index in [0.717, 1.165) is 6.07 Å². The third-order valence-electron chi connectivity index (χ3n) is 2.29. The SMILES string of the molecule is Cc1c(Br)cc(C(=O)O)cc1S(=O)(=O)NOC(C)(C)C. The van der Waals surface area contributed by atoms with Crippen LogP contribution in [-0.4, -0.2) is 25.1 Å². The third kappa shape index (κ3) is 4.27. The molecular weight excluding hydrogens is 350 g/mol. The Kier molecular flexibility index (Phi) is 4.96. The Morgan fingerprint density at radius 3 is 2.35 bits per heavy atom. The van der Waals surface area contributed by atoms with Crippen molar-refractivity contribution in [2.45, 2.75) is 38.2 Å². The van der Waals surface area contributed by atoms with Gasteiger partial charge in [0.25, 0.3) is 10.0 Å². The maximum atomic E-state index is 12.2. The monoisotopic (exact) mass is 365 g/mol. The zero-order chi connectivity index (χ0) is 15.7. The molecule has 0 radical (unpaired) electrons. The minimum Gasteiger partial charge on any atom is -0.478 e. The molecule has 0 saturated carbocycles. The summed E-state index contributed by atoms with van der Waals surface area (Å²) in [5, 5.41) is 8.98. The van der Waals surface area contributed by atoms with Crippen LogP contribution in [0.3, 0.4) is 0 Å². The number of hydrogen-bond acceptors (Lipinski definition) is 4. The van der Waals surface area contributed by atoms with Crippen LogP contribution in [0.15, 0.2) is 21.5 Å². The predicted octanol–water partition coefficient (Wildman–Crippen LogP) is 2.46. The zero-order valence-electron chi connectivity index (χ0n) is 11.5. The highest BCUT2D eigenvalue weighted by Crippen LogP contribution is 2.26. The summed E-state index contributed by atoms with van der Waals surface area (Å²) in [4.78, 5) is 17.9. The van der Waals surface area contributed by atoms with Gasteiger partial charge in [0.05, 0.1) is 16.1 Å². The number of carboxylic acid groups (broad SMARTS) is 1. The van der Waals surface area contributed by atoms with Gasteiger partial charge in [0.15, 0.2) is 0 Å². The van der Waals surface area contributed by atoms with Crippen molar-refractivity contribution in [1.82, 2.24) is 4.89 Å². The van der Waals surface area contributed by atoms with Gasteiger partial charge in [-0.3, -0.25) is 4.84 Å². The highest BCUT2D eigenvalue weighted by molar-refractivity contribution is 9.10. The number of halogens is 1. The van der Waals surface area contributed by atoms with E-state index in [4.69, 9.17) is 9.94 Å². The predicted molar refractivity (Wildman–Crippen MR) is 77.0 cm³/mol. The molecule has 1 aromatic carbocycles. The van der Waals surface area contributed by atoms with Crippen molar-refractivity contribution in [1.29, 1.82) is 0 Å². The standard InChI is InChI=1S/C12H16BrNO5S/c1-7-9(13)5-8(11(15)16)6-10(7)20(17,18)14-19-12(2,3)4/h5-6,14H,1-4H3,(H,15,16). The highest BCUT2D eigenvalue weighted by Gasteiger charge is 2.23. The van der Waals surface area contributed by atoms with E-state index in [1.54, 1.807) is 27.7 Å². The van der Waals surface area contributed by atoms with Crippen LogP contribution in [-0.2, 0) is 14.9 Å².